The first kappa shape index (κ1) is 22.8. The lowest BCUT2D eigenvalue weighted by atomic mass is 9.91. The fourth-order valence-corrected chi connectivity index (χ4v) is 3.92. The molecule has 0 radical (unpaired) electrons. The van der Waals surface area contributed by atoms with Crippen LogP contribution in [0.15, 0.2) is 54.1 Å². The molecular weight excluding hydrogens is 441 g/mol. The van der Waals surface area contributed by atoms with Crippen LogP contribution in [-0.2, 0) is 0 Å². The molecule has 2 atom stereocenters. The van der Waals surface area contributed by atoms with E-state index in [2.05, 4.69) is 35.7 Å². The molecule has 0 saturated carbocycles. The van der Waals surface area contributed by atoms with Gasteiger partial charge >= 0.3 is 0 Å². The number of anilines is 5. The molecule has 6 N–H and O–H groups in total. The van der Waals surface area contributed by atoms with E-state index in [1.54, 1.807) is 18.3 Å². The number of carbonyl (C=O) groups excluding carboxylic acids is 1. The second-order valence-corrected chi connectivity index (χ2v) is 7.97. The molecule has 0 aliphatic carbocycles. The molecule has 1 fully saturated rings. The molecule has 1 saturated heterocycles. The summed E-state index contributed by atoms with van der Waals surface area (Å²) in [6.07, 6.45) is 4.69. The topological polar surface area (TPSA) is 165 Å². The van der Waals surface area contributed by atoms with Gasteiger partial charge in [-0.15, -0.1) is 0 Å². The number of nitroso groups, excluding NO2 is 1. The lowest BCUT2D eigenvalue weighted by molar-refractivity contribution is 0.100. The number of pyridine rings is 3. The van der Waals surface area contributed by atoms with E-state index < -0.39 is 11.7 Å². The molecule has 12 heteroatoms. The van der Waals surface area contributed by atoms with Gasteiger partial charge in [-0.05, 0) is 30.7 Å². The highest BCUT2D eigenvalue weighted by molar-refractivity contribution is 5.98. The number of amides is 1. The van der Waals surface area contributed by atoms with Gasteiger partial charge in [0.1, 0.15) is 23.3 Å². The zero-order valence-electron chi connectivity index (χ0n) is 18.2. The molecule has 4 rings (SSSR count). The van der Waals surface area contributed by atoms with Gasteiger partial charge < -0.3 is 27.0 Å². The van der Waals surface area contributed by atoms with Gasteiger partial charge in [0.2, 0.25) is 0 Å². The highest BCUT2D eigenvalue weighted by Crippen LogP contribution is 2.28. The van der Waals surface area contributed by atoms with Gasteiger partial charge in [0.25, 0.3) is 5.91 Å². The summed E-state index contributed by atoms with van der Waals surface area (Å²) >= 11 is 0. The lowest BCUT2D eigenvalue weighted by Crippen LogP contribution is -2.48. The number of primary amides is 1. The van der Waals surface area contributed by atoms with E-state index >= 15 is 0 Å². The molecule has 11 nitrogen and oxygen atoms in total. The Morgan fingerprint density at radius 2 is 1.97 bits per heavy atom. The van der Waals surface area contributed by atoms with Crippen LogP contribution in [0.3, 0.4) is 0 Å². The molecule has 3 aromatic heterocycles. The van der Waals surface area contributed by atoms with E-state index in [1.807, 2.05) is 6.07 Å². The largest absolute Gasteiger partial charge is 0.397 e. The molecule has 0 unspecified atom stereocenters. The summed E-state index contributed by atoms with van der Waals surface area (Å²) in [4.78, 5) is 37.8. The number of nitrogen functional groups attached to an aromatic ring is 1. The average Bonchev–Trinajstić information content (AvgIpc) is 2.82. The molecule has 4 heterocycles. The average molecular weight is 465 g/mol. The zero-order valence-corrected chi connectivity index (χ0v) is 18.2. The summed E-state index contributed by atoms with van der Waals surface area (Å²) in [5.41, 5.74) is 12.5. The van der Waals surface area contributed by atoms with Gasteiger partial charge in [0.15, 0.2) is 0 Å². The fourth-order valence-electron chi connectivity index (χ4n) is 3.92. The van der Waals surface area contributed by atoms with Crippen LogP contribution in [0.2, 0.25) is 0 Å². The number of aromatic nitrogens is 3. The predicted molar refractivity (Wildman–Crippen MR) is 127 cm³/mol. The SMILES string of the molecule is NC(=O)c1cnc(Nc2ccc(F)cn2)cc1N[C@@H]1CCN(c2ccc(N)cn2)C[C@@H]1CN=O. The van der Waals surface area contributed by atoms with Gasteiger partial charge in [0, 0.05) is 37.3 Å². The number of piperidine rings is 1. The van der Waals surface area contributed by atoms with Gasteiger partial charge in [-0.25, -0.2) is 19.3 Å². The Balaban J connectivity index is 1.54. The Morgan fingerprint density at radius 3 is 2.65 bits per heavy atom. The molecular formula is C22H24FN9O2. The first-order valence-corrected chi connectivity index (χ1v) is 10.6. The number of nitrogens with zero attached hydrogens (tertiary/aromatic N) is 5. The molecule has 1 aliphatic rings. The summed E-state index contributed by atoms with van der Waals surface area (Å²) in [5.74, 6) is 0.299. The van der Waals surface area contributed by atoms with Crippen molar-refractivity contribution >= 4 is 34.7 Å². The Labute approximate surface area is 194 Å². The minimum atomic E-state index is -0.643. The van der Waals surface area contributed by atoms with Crippen LogP contribution in [-0.4, -0.2) is 46.5 Å². The first-order valence-electron chi connectivity index (χ1n) is 10.6. The number of carbonyl (C=O) groups is 1. The smallest absolute Gasteiger partial charge is 0.252 e. The quantitative estimate of drug-likeness (QED) is 0.366. The van der Waals surface area contributed by atoms with Crippen molar-refractivity contribution in [1.29, 1.82) is 0 Å². The van der Waals surface area contributed by atoms with Crippen molar-refractivity contribution in [3.63, 3.8) is 0 Å². The number of nitrogens with two attached hydrogens (primary N) is 2. The van der Waals surface area contributed by atoms with E-state index in [0.29, 0.717) is 42.5 Å². The van der Waals surface area contributed by atoms with Crippen LogP contribution in [0, 0.1) is 16.6 Å². The molecule has 3 aromatic rings. The summed E-state index contributed by atoms with van der Waals surface area (Å²) in [6, 6.07) is 7.83. The van der Waals surface area contributed by atoms with E-state index in [0.717, 1.165) is 12.0 Å². The van der Waals surface area contributed by atoms with Crippen molar-refractivity contribution in [1.82, 2.24) is 15.0 Å². The number of halogens is 1. The zero-order chi connectivity index (χ0) is 24.1. The van der Waals surface area contributed by atoms with E-state index in [-0.39, 0.29) is 24.1 Å². The van der Waals surface area contributed by atoms with Crippen molar-refractivity contribution < 1.29 is 9.18 Å². The van der Waals surface area contributed by atoms with Gasteiger partial charge in [-0.1, -0.05) is 5.18 Å². The number of nitrogens with one attached hydrogen (secondary N) is 2. The molecule has 34 heavy (non-hydrogen) atoms. The van der Waals surface area contributed by atoms with Crippen LogP contribution < -0.4 is 27.0 Å². The van der Waals surface area contributed by atoms with Gasteiger partial charge in [0.05, 0.1) is 35.9 Å². The second kappa shape index (κ2) is 10.1. The maximum absolute atomic E-state index is 13.1. The van der Waals surface area contributed by atoms with Crippen LogP contribution in [0.5, 0.6) is 0 Å². The highest BCUT2D eigenvalue weighted by Gasteiger charge is 2.31. The normalized spacial score (nSPS) is 17.7. The van der Waals surface area contributed by atoms with Gasteiger partial charge in [-0.2, -0.15) is 4.91 Å². The Morgan fingerprint density at radius 1 is 1.15 bits per heavy atom. The highest BCUT2D eigenvalue weighted by atomic mass is 19.1. The number of hydrogen-bond donors (Lipinski definition) is 4. The molecule has 1 amide bonds. The molecule has 0 bridgehead atoms. The number of hydrogen-bond acceptors (Lipinski definition) is 10. The second-order valence-electron chi connectivity index (χ2n) is 7.97. The molecule has 1 aliphatic heterocycles. The monoisotopic (exact) mass is 465 g/mol. The summed E-state index contributed by atoms with van der Waals surface area (Å²) in [7, 11) is 0. The standard InChI is InChI=1S/C22H24FN9O2/c23-14-1-3-19(26-9-14)31-20-7-18(16(11-27-20)22(25)33)30-17-5-6-32(12-13(17)8-29-34)21-4-2-15(24)10-28-21/h1-4,7,9-11,13,17H,5-6,8,12,24H2,(H2,25,33)(H2,26,27,30,31)/t13-,17+/m0/s1. The summed E-state index contributed by atoms with van der Waals surface area (Å²) in [6.45, 7) is 1.30. The molecule has 176 valence electrons. The summed E-state index contributed by atoms with van der Waals surface area (Å²) in [5, 5.41) is 9.44. The van der Waals surface area contributed by atoms with Crippen LogP contribution in [0.4, 0.5) is 33.2 Å². The van der Waals surface area contributed by atoms with Crippen molar-refractivity contribution in [2.75, 3.05) is 40.9 Å². The van der Waals surface area contributed by atoms with Gasteiger partial charge in [-0.3, -0.25) is 4.79 Å². The van der Waals surface area contributed by atoms with Crippen molar-refractivity contribution in [3.05, 3.63) is 65.2 Å². The molecule has 0 aromatic carbocycles. The van der Waals surface area contributed by atoms with E-state index in [1.165, 1.54) is 18.3 Å². The van der Waals surface area contributed by atoms with E-state index in [9.17, 15) is 14.1 Å². The third kappa shape index (κ3) is 5.34. The summed E-state index contributed by atoms with van der Waals surface area (Å²) < 4.78 is 13.1. The van der Waals surface area contributed by atoms with Crippen molar-refractivity contribution in [2.24, 2.45) is 16.8 Å². The first-order chi connectivity index (χ1) is 16.4. The third-order valence-corrected chi connectivity index (χ3v) is 5.63. The maximum Gasteiger partial charge on any atom is 0.252 e. The molecule has 0 spiro atoms. The predicted octanol–water partition coefficient (Wildman–Crippen LogP) is 2.51. The van der Waals surface area contributed by atoms with Crippen LogP contribution in [0.25, 0.3) is 0 Å². The Hall–Kier alpha value is -4.35. The minimum absolute atomic E-state index is 0.0880. The van der Waals surface area contributed by atoms with Crippen LogP contribution >= 0.6 is 0 Å². The van der Waals surface area contributed by atoms with Crippen molar-refractivity contribution in [3.8, 4) is 0 Å². The Bertz CT molecular complexity index is 1160. The Kier molecular flexibility index (Phi) is 6.76. The lowest BCUT2D eigenvalue weighted by Gasteiger charge is -2.39. The number of rotatable bonds is 8. The van der Waals surface area contributed by atoms with E-state index in [4.69, 9.17) is 11.5 Å². The van der Waals surface area contributed by atoms with Crippen molar-refractivity contribution in [2.45, 2.75) is 12.5 Å². The minimum Gasteiger partial charge on any atom is -0.397 e. The van der Waals surface area contributed by atoms with Crippen LogP contribution in [0.1, 0.15) is 16.8 Å². The fraction of sp³-hybridized carbons (Fsp3) is 0.273. The maximum atomic E-state index is 13.1. The third-order valence-electron chi connectivity index (χ3n) is 5.63.